The number of aryl methyl sites for hydroxylation is 1. The van der Waals surface area contributed by atoms with E-state index in [2.05, 4.69) is 10.2 Å². The van der Waals surface area contributed by atoms with Crippen molar-refractivity contribution in [3.63, 3.8) is 0 Å². The van der Waals surface area contributed by atoms with Crippen LogP contribution >= 0.6 is 0 Å². The number of ether oxygens (including phenoxy) is 1. The van der Waals surface area contributed by atoms with E-state index in [-0.39, 0.29) is 12.5 Å². The van der Waals surface area contributed by atoms with Crippen LogP contribution in [0.15, 0.2) is 42.5 Å². The molecule has 136 valence electrons. The molecule has 2 aromatic rings. The van der Waals surface area contributed by atoms with E-state index in [1.165, 1.54) is 0 Å². The number of rotatable bonds is 6. The van der Waals surface area contributed by atoms with Crippen molar-refractivity contribution in [2.45, 2.75) is 19.8 Å². The lowest BCUT2D eigenvalue weighted by atomic mass is 10.1. The summed E-state index contributed by atoms with van der Waals surface area (Å²) in [5, 5.41) is 2.85. The van der Waals surface area contributed by atoms with Gasteiger partial charge in [-0.15, -0.1) is 0 Å². The molecule has 3 rings (SSSR count). The zero-order chi connectivity index (χ0) is 18.5. The first-order chi connectivity index (χ1) is 12.5. The normalized spacial score (nSPS) is 13.5. The molecule has 0 radical (unpaired) electrons. The van der Waals surface area contributed by atoms with Crippen molar-refractivity contribution in [2.75, 3.05) is 29.9 Å². The second kappa shape index (κ2) is 7.91. The zero-order valence-electron chi connectivity index (χ0n) is 14.8. The Morgan fingerprint density at radius 1 is 1.12 bits per heavy atom. The Bertz CT molecular complexity index is 796. The number of benzene rings is 2. The number of anilines is 2. The molecule has 0 spiro atoms. The molecular weight excluding hydrogens is 330 g/mol. The third-order valence-corrected chi connectivity index (χ3v) is 4.39. The van der Waals surface area contributed by atoms with Crippen LogP contribution in [0.2, 0.25) is 0 Å². The van der Waals surface area contributed by atoms with Crippen LogP contribution in [0.5, 0.6) is 5.75 Å². The molecule has 0 bridgehead atoms. The second-order valence-electron chi connectivity index (χ2n) is 6.44. The fourth-order valence-corrected chi connectivity index (χ4v) is 2.99. The Labute approximate surface area is 152 Å². The van der Waals surface area contributed by atoms with Gasteiger partial charge in [-0.2, -0.15) is 0 Å². The van der Waals surface area contributed by atoms with Gasteiger partial charge in [-0.3, -0.25) is 9.59 Å². The van der Waals surface area contributed by atoms with Crippen LogP contribution in [0, 0.1) is 6.92 Å². The number of amides is 2. The molecule has 6 nitrogen and oxygen atoms in total. The summed E-state index contributed by atoms with van der Waals surface area (Å²) in [6.45, 7) is 3.74. The summed E-state index contributed by atoms with van der Waals surface area (Å²) in [7, 11) is 0. The third-order valence-electron chi connectivity index (χ3n) is 4.39. The van der Waals surface area contributed by atoms with Crippen LogP contribution in [0.4, 0.5) is 11.4 Å². The van der Waals surface area contributed by atoms with Gasteiger partial charge in [-0.25, -0.2) is 0 Å². The van der Waals surface area contributed by atoms with Gasteiger partial charge < -0.3 is 20.7 Å². The van der Waals surface area contributed by atoms with Crippen molar-refractivity contribution in [1.82, 2.24) is 0 Å². The van der Waals surface area contributed by atoms with Gasteiger partial charge >= 0.3 is 0 Å². The number of primary amides is 1. The number of hydrogen-bond donors (Lipinski definition) is 2. The SMILES string of the molecule is Cc1ccc(OCC(=O)Nc2cc(C(N)=O)ccc2N2CCCC2)cc1. The molecule has 1 heterocycles. The summed E-state index contributed by atoms with van der Waals surface area (Å²) in [5.74, 6) is -0.173. The fraction of sp³-hybridized carbons (Fsp3) is 0.300. The minimum Gasteiger partial charge on any atom is -0.484 e. The van der Waals surface area contributed by atoms with Crippen molar-refractivity contribution in [3.8, 4) is 5.75 Å². The highest BCUT2D eigenvalue weighted by Gasteiger charge is 2.18. The second-order valence-corrected chi connectivity index (χ2v) is 6.44. The molecule has 2 amide bonds. The quantitative estimate of drug-likeness (QED) is 0.836. The molecule has 0 aromatic heterocycles. The van der Waals surface area contributed by atoms with E-state index < -0.39 is 5.91 Å². The summed E-state index contributed by atoms with van der Waals surface area (Å²) in [6.07, 6.45) is 2.23. The Morgan fingerprint density at radius 2 is 1.81 bits per heavy atom. The van der Waals surface area contributed by atoms with Crippen molar-refractivity contribution in [1.29, 1.82) is 0 Å². The summed E-state index contributed by atoms with van der Waals surface area (Å²) < 4.78 is 5.52. The van der Waals surface area contributed by atoms with Gasteiger partial charge in [0, 0.05) is 18.7 Å². The van der Waals surface area contributed by atoms with E-state index in [0.717, 1.165) is 37.2 Å². The summed E-state index contributed by atoms with van der Waals surface area (Å²) in [5.41, 5.74) is 8.35. The minimum atomic E-state index is -0.524. The van der Waals surface area contributed by atoms with E-state index in [4.69, 9.17) is 10.5 Å². The number of carbonyl (C=O) groups excluding carboxylic acids is 2. The van der Waals surface area contributed by atoms with E-state index in [9.17, 15) is 9.59 Å². The molecule has 26 heavy (non-hydrogen) atoms. The Kier molecular flexibility index (Phi) is 5.41. The monoisotopic (exact) mass is 353 g/mol. The molecule has 2 aromatic carbocycles. The lowest BCUT2D eigenvalue weighted by molar-refractivity contribution is -0.118. The first-order valence-corrected chi connectivity index (χ1v) is 8.71. The number of carbonyl (C=O) groups is 2. The van der Waals surface area contributed by atoms with Gasteiger partial charge in [0.2, 0.25) is 5.91 Å². The molecule has 0 atom stereocenters. The fourth-order valence-electron chi connectivity index (χ4n) is 2.99. The average molecular weight is 353 g/mol. The highest BCUT2D eigenvalue weighted by atomic mass is 16.5. The minimum absolute atomic E-state index is 0.108. The maximum atomic E-state index is 12.3. The van der Waals surface area contributed by atoms with Crippen molar-refractivity contribution >= 4 is 23.2 Å². The maximum absolute atomic E-state index is 12.3. The van der Waals surface area contributed by atoms with Crippen LogP contribution in [-0.4, -0.2) is 31.5 Å². The average Bonchev–Trinajstić information content (AvgIpc) is 3.15. The van der Waals surface area contributed by atoms with Gasteiger partial charge in [-0.1, -0.05) is 17.7 Å². The Morgan fingerprint density at radius 3 is 2.46 bits per heavy atom. The standard InChI is InChI=1S/C20H23N3O3/c1-14-4-7-16(8-5-14)26-13-19(24)22-17-12-15(20(21)25)6-9-18(17)23-10-2-3-11-23/h4-9,12H,2-3,10-11,13H2,1H3,(H2,21,25)(H,22,24). The number of hydrogen-bond acceptors (Lipinski definition) is 4. The van der Waals surface area contributed by atoms with E-state index in [0.29, 0.717) is 17.0 Å². The van der Waals surface area contributed by atoms with Gasteiger partial charge in [0.15, 0.2) is 6.61 Å². The molecule has 0 unspecified atom stereocenters. The molecule has 1 aliphatic rings. The molecular formula is C20H23N3O3. The van der Waals surface area contributed by atoms with Gasteiger partial charge in [0.05, 0.1) is 11.4 Å². The maximum Gasteiger partial charge on any atom is 0.262 e. The summed E-state index contributed by atoms with van der Waals surface area (Å²) in [6, 6.07) is 12.7. The lowest BCUT2D eigenvalue weighted by Crippen LogP contribution is -2.24. The van der Waals surface area contributed by atoms with Gasteiger partial charge in [-0.05, 0) is 50.1 Å². The van der Waals surface area contributed by atoms with E-state index >= 15 is 0 Å². The van der Waals surface area contributed by atoms with Gasteiger partial charge in [0.1, 0.15) is 5.75 Å². The van der Waals surface area contributed by atoms with Crippen LogP contribution in [-0.2, 0) is 4.79 Å². The first-order valence-electron chi connectivity index (χ1n) is 8.71. The molecule has 6 heteroatoms. The summed E-state index contributed by atoms with van der Waals surface area (Å²) >= 11 is 0. The van der Waals surface area contributed by atoms with Crippen LogP contribution in [0.1, 0.15) is 28.8 Å². The molecule has 1 aliphatic heterocycles. The van der Waals surface area contributed by atoms with Crippen molar-refractivity contribution < 1.29 is 14.3 Å². The highest BCUT2D eigenvalue weighted by molar-refractivity contribution is 5.99. The lowest BCUT2D eigenvalue weighted by Gasteiger charge is -2.22. The summed E-state index contributed by atoms with van der Waals surface area (Å²) in [4.78, 5) is 26.0. The molecule has 3 N–H and O–H groups in total. The predicted molar refractivity (Wildman–Crippen MR) is 102 cm³/mol. The Balaban J connectivity index is 1.71. The van der Waals surface area contributed by atoms with Crippen molar-refractivity contribution in [3.05, 3.63) is 53.6 Å². The number of nitrogens with one attached hydrogen (secondary N) is 1. The molecule has 0 saturated carbocycles. The molecule has 1 saturated heterocycles. The molecule has 0 aliphatic carbocycles. The molecule has 1 fully saturated rings. The van der Waals surface area contributed by atoms with Gasteiger partial charge in [0.25, 0.3) is 5.91 Å². The van der Waals surface area contributed by atoms with Crippen molar-refractivity contribution in [2.24, 2.45) is 5.73 Å². The van der Waals surface area contributed by atoms with Crippen LogP contribution in [0.3, 0.4) is 0 Å². The zero-order valence-corrected chi connectivity index (χ0v) is 14.8. The Hall–Kier alpha value is -3.02. The van der Waals surface area contributed by atoms with Crippen LogP contribution < -0.4 is 20.7 Å². The third kappa shape index (κ3) is 4.33. The highest BCUT2D eigenvalue weighted by Crippen LogP contribution is 2.30. The number of nitrogens with zero attached hydrogens (tertiary/aromatic N) is 1. The number of nitrogens with two attached hydrogens (primary N) is 1. The largest absolute Gasteiger partial charge is 0.484 e. The topological polar surface area (TPSA) is 84.7 Å². The van der Waals surface area contributed by atoms with Crippen LogP contribution in [0.25, 0.3) is 0 Å². The van der Waals surface area contributed by atoms with E-state index in [1.54, 1.807) is 12.1 Å². The van der Waals surface area contributed by atoms with E-state index in [1.807, 2.05) is 37.3 Å². The first kappa shape index (κ1) is 17.8. The smallest absolute Gasteiger partial charge is 0.262 e. The predicted octanol–water partition coefficient (Wildman–Crippen LogP) is 2.71.